The number of aromatic nitrogens is 2. The van der Waals surface area contributed by atoms with Gasteiger partial charge in [0, 0.05) is 16.5 Å². The number of ether oxygens (including phenoxy) is 2. The number of nitriles is 1. The molecule has 130 valence electrons. The number of carbonyl (C=O) groups is 1. The van der Waals surface area contributed by atoms with Gasteiger partial charge in [0.2, 0.25) is 0 Å². The lowest BCUT2D eigenvalue weighted by atomic mass is 9.86. The molecule has 0 amide bonds. The standard InChI is InChI=1S/C19H21N3O3/c1-19(2,3)18(23)13(10-20)8-14-11-21-22-17(14)12-6-7-15(24-4)16(9-12)25-5/h6-9,11H,1-5H3,(H,21,22)/b13-8+. The first kappa shape index (κ1) is 18.3. The van der Waals surface area contributed by atoms with Crippen LogP contribution in [0.5, 0.6) is 11.5 Å². The van der Waals surface area contributed by atoms with Gasteiger partial charge in [-0.2, -0.15) is 10.4 Å². The Morgan fingerprint density at radius 1 is 1.24 bits per heavy atom. The van der Waals surface area contributed by atoms with Crippen molar-refractivity contribution in [1.82, 2.24) is 10.2 Å². The molecule has 6 heteroatoms. The molecule has 0 fully saturated rings. The number of nitrogens with one attached hydrogen (secondary N) is 1. The Balaban J connectivity index is 2.49. The highest BCUT2D eigenvalue weighted by Gasteiger charge is 2.25. The fourth-order valence-electron chi connectivity index (χ4n) is 2.34. The van der Waals surface area contributed by atoms with E-state index < -0.39 is 5.41 Å². The third-order valence-corrected chi connectivity index (χ3v) is 3.69. The summed E-state index contributed by atoms with van der Waals surface area (Å²) in [5.41, 5.74) is 1.61. The zero-order chi connectivity index (χ0) is 18.6. The fourth-order valence-corrected chi connectivity index (χ4v) is 2.34. The van der Waals surface area contributed by atoms with Crippen LogP contribution in [0, 0.1) is 16.7 Å². The average Bonchev–Trinajstić information content (AvgIpc) is 3.05. The number of ketones is 1. The van der Waals surface area contributed by atoms with Crippen LogP contribution in [0.1, 0.15) is 26.3 Å². The number of rotatable bonds is 5. The van der Waals surface area contributed by atoms with E-state index in [4.69, 9.17) is 9.47 Å². The van der Waals surface area contributed by atoms with Crippen molar-refractivity contribution < 1.29 is 14.3 Å². The number of allylic oxidation sites excluding steroid dienone is 1. The Labute approximate surface area is 147 Å². The zero-order valence-corrected chi connectivity index (χ0v) is 15.0. The second-order valence-electron chi connectivity index (χ2n) is 6.52. The summed E-state index contributed by atoms with van der Waals surface area (Å²) in [6.45, 7) is 5.35. The molecule has 2 aromatic rings. The molecule has 0 aliphatic heterocycles. The van der Waals surface area contributed by atoms with Crippen molar-refractivity contribution >= 4 is 11.9 Å². The van der Waals surface area contributed by atoms with E-state index in [0.717, 1.165) is 5.56 Å². The number of carbonyl (C=O) groups excluding carboxylic acids is 1. The Morgan fingerprint density at radius 3 is 2.48 bits per heavy atom. The Bertz CT molecular complexity index is 852. The molecule has 1 N–H and O–H groups in total. The third kappa shape index (κ3) is 3.89. The van der Waals surface area contributed by atoms with E-state index in [1.54, 1.807) is 59.4 Å². The van der Waals surface area contributed by atoms with Gasteiger partial charge in [-0.25, -0.2) is 0 Å². The summed E-state index contributed by atoms with van der Waals surface area (Å²) >= 11 is 0. The maximum absolute atomic E-state index is 12.4. The molecule has 2 rings (SSSR count). The Hall–Kier alpha value is -3.07. The minimum atomic E-state index is -0.630. The van der Waals surface area contributed by atoms with E-state index in [2.05, 4.69) is 10.2 Å². The van der Waals surface area contributed by atoms with Crippen molar-refractivity contribution in [3.05, 3.63) is 35.5 Å². The van der Waals surface area contributed by atoms with Crippen LogP contribution < -0.4 is 9.47 Å². The quantitative estimate of drug-likeness (QED) is 0.664. The molecule has 0 bridgehead atoms. The summed E-state index contributed by atoms with van der Waals surface area (Å²) in [6.07, 6.45) is 3.14. The highest BCUT2D eigenvalue weighted by molar-refractivity contribution is 6.06. The van der Waals surface area contributed by atoms with E-state index in [1.165, 1.54) is 0 Å². The number of H-pyrrole nitrogens is 1. The van der Waals surface area contributed by atoms with Gasteiger partial charge in [-0.05, 0) is 24.3 Å². The van der Waals surface area contributed by atoms with Crippen LogP contribution in [0.2, 0.25) is 0 Å². The van der Waals surface area contributed by atoms with E-state index in [9.17, 15) is 10.1 Å². The zero-order valence-electron chi connectivity index (χ0n) is 15.0. The molecule has 0 aliphatic rings. The normalized spacial score (nSPS) is 11.8. The van der Waals surface area contributed by atoms with Gasteiger partial charge in [0.1, 0.15) is 6.07 Å². The lowest BCUT2D eigenvalue weighted by Crippen LogP contribution is -2.21. The van der Waals surface area contributed by atoms with Gasteiger partial charge in [0.05, 0.1) is 31.7 Å². The van der Waals surface area contributed by atoms with Crippen molar-refractivity contribution in [3.8, 4) is 28.8 Å². The van der Waals surface area contributed by atoms with Gasteiger partial charge < -0.3 is 9.47 Å². The van der Waals surface area contributed by atoms with Crippen LogP contribution >= 0.6 is 0 Å². The molecular formula is C19H21N3O3. The summed E-state index contributed by atoms with van der Waals surface area (Å²) in [7, 11) is 3.13. The van der Waals surface area contributed by atoms with Crippen LogP contribution in [0.25, 0.3) is 17.3 Å². The van der Waals surface area contributed by atoms with E-state index in [0.29, 0.717) is 22.8 Å². The Kier molecular flexibility index (Phi) is 5.28. The topological polar surface area (TPSA) is 88.0 Å². The SMILES string of the molecule is COc1ccc(-c2[nH]ncc2/C=C(\C#N)C(=O)C(C)(C)C)cc1OC. The predicted octanol–water partition coefficient (Wildman–Crippen LogP) is 3.62. The highest BCUT2D eigenvalue weighted by Crippen LogP contribution is 2.33. The van der Waals surface area contributed by atoms with Gasteiger partial charge in [-0.3, -0.25) is 9.89 Å². The molecule has 1 aromatic heterocycles. The van der Waals surface area contributed by atoms with E-state index >= 15 is 0 Å². The first-order valence-corrected chi connectivity index (χ1v) is 7.74. The first-order chi connectivity index (χ1) is 11.8. The number of hydrogen-bond donors (Lipinski definition) is 1. The smallest absolute Gasteiger partial charge is 0.178 e. The van der Waals surface area contributed by atoms with Crippen molar-refractivity contribution in [3.63, 3.8) is 0 Å². The monoisotopic (exact) mass is 339 g/mol. The largest absolute Gasteiger partial charge is 0.493 e. The molecule has 6 nitrogen and oxygen atoms in total. The minimum Gasteiger partial charge on any atom is -0.493 e. The van der Waals surface area contributed by atoms with Gasteiger partial charge >= 0.3 is 0 Å². The van der Waals surface area contributed by atoms with Crippen LogP contribution in [0.15, 0.2) is 30.0 Å². The van der Waals surface area contributed by atoms with Gasteiger partial charge in [0.25, 0.3) is 0 Å². The third-order valence-electron chi connectivity index (χ3n) is 3.69. The average molecular weight is 339 g/mol. The number of nitrogens with zero attached hydrogens (tertiary/aromatic N) is 2. The summed E-state index contributed by atoms with van der Waals surface area (Å²) in [6, 6.07) is 7.43. The summed E-state index contributed by atoms with van der Waals surface area (Å²) in [5.74, 6) is 0.980. The second-order valence-corrected chi connectivity index (χ2v) is 6.52. The number of Topliss-reactive ketones (excluding diaryl/α,β-unsaturated/α-hetero) is 1. The summed E-state index contributed by atoms with van der Waals surface area (Å²) in [5, 5.41) is 16.3. The van der Waals surface area contributed by atoms with Crippen molar-refractivity contribution in [2.75, 3.05) is 14.2 Å². The number of hydrogen-bond acceptors (Lipinski definition) is 5. The van der Waals surface area contributed by atoms with Crippen LogP contribution in [-0.2, 0) is 4.79 Å². The Morgan fingerprint density at radius 2 is 1.92 bits per heavy atom. The highest BCUT2D eigenvalue weighted by atomic mass is 16.5. The maximum Gasteiger partial charge on any atom is 0.178 e. The van der Waals surface area contributed by atoms with Gasteiger partial charge in [0.15, 0.2) is 17.3 Å². The van der Waals surface area contributed by atoms with E-state index in [-0.39, 0.29) is 11.4 Å². The molecule has 0 atom stereocenters. The maximum atomic E-state index is 12.4. The van der Waals surface area contributed by atoms with Crippen LogP contribution in [-0.4, -0.2) is 30.2 Å². The molecule has 0 spiro atoms. The van der Waals surface area contributed by atoms with Crippen molar-refractivity contribution in [2.24, 2.45) is 5.41 Å². The molecular weight excluding hydrogens is 318 g/mol. The fraction of sp³-hybridized carbons (Fsp3) is 0.316. The van der Waals surface area contributed by atoms with Crippen LogP contribution in [0.4, 0.5) is 0 Å². The molecule has 25 heavy (non-hydrogen) atoms. The molecule has 0 saturated carbocycles. The first-order valence-electron chi connectivity index (χ1n) is 7.74. The second kappa shape index (κ2) is 7.22. The predicted molar refractivity (Wildman–Crippen MR) is 95.2 cm³/mol. The number of benzene rings is 1. The number of methoxy groups -OCH3 is 2. The van der Waals surface area contributed by atoms with Crippen molar-refractivity contribution in [1.29, 1.82) is 5.26 Å². The molecule has 0 saturated heterocycles. The lowest BCUT2D eigenvalue weighted by Gasteiger charge is -2.15. The molecule has 0 radical (unpaired) electrons. The lowest BCUT2D eigenvalue weighted by molar-refractivity contribution is -0.121. The molecule has 0 unspecified atom stereocenters. The summed E-state index contributed by atoms with van der Waals surface area (Å²) < 4.78 is 10.6. The molecule has 0 aliphatic carbocycles. The van der Waals surface area contributed by atoms with Crippen LogP contribution in [0.3, 0.4) is 0 Å². The van der Waals surface area contributed by atoms with Crippen molar-refractivity contribution in [2.45, 2.75) is 20.8 Å². The van der Waals surface area contributed by atoms with E-state index in [1.807, 2.05) is 12.1 Å². The molecule has 1 aromatic carbocycles. The number of aromatic amines is 1. The summed E-state index contributed by atoms with van der Waals surface area (Å²) in [4.78, 5) is 12.4. The van der Waals surface area contributed by atoms with Gasteiger partial charge in [-0.1, -0.05) is 20.8 Å². The van der Waals surface area contributed by atoms with Gasteiger partial charge in [-0.15, -0.1) is 0 Å². The minimum absolute atomic E-state index is 0.0932. The molecule has 1 heterocycles.